The Morgan fingerprint density at radius 1 is 0.839 bits per heavy atom. The zero-order chi connectivity index (χ0) is 44.2. The third-order valence-electron chi connectivity index (χ3n) is 10.5. The van der Waals surface area contributed by atoms with Crippen LogP contribution in [0.3, 0.4) is 0 Å². The second-order valence-corrected chi connectivity index (χ2v) is 16.4. The van der Waals surface area contributed by atoms with Gasteiger partial charge < -0.3 is 38.0 Å². The molecule has 0 radical (unpaired) electrons. The molecule has 0 bridgehead atoms. The molecular weight excluding hydrogens is 810 g/mol. The number of carbonyl (C=O) groups excluding carboxylic acids is 1. The molecule has 0 aliphatic carbocycles. The minimum atomic E-state index is -1.81. The van der Waals surface area contributed by atoms with Gasteiger partial charge in [0.25, 0.3) is 14.4 Å². The normalized spacial score (nSPS) is 18.1. The summed E-state index contributed by atoms with van der Waals surface area (Å²) in [6, 6.07) is 37.6. The van der Waals surface area contributed by atoms with Crippen LogP contribution in [0.25, 0.3) is 0 Å². The molecular formula is C47H54N5O9P. The third kappa shape index (κ3) is 10.4. The van der Waals surface area contributed by atoms with Crippen LogP contribution in [-0.2, 0) is 28.9 Å². The Hall–Kier alpha value is -5.49. The van der Waals surface area contributed by atoms with Gasteiger partial charge >= 0.3 is 5.69 Å². The van der Waals surface area contributed by atoms with Gasteiger partial charge in [0.1, 0.15) is 41.2 Å². The van der Waals surface area contributed by atoms with E-state index in [1.54, 1.807) is 38.5 Å². The van der Waals surface area contributed by atoms with Crippen molar-refractivity contribution in [3.05, 3.63) is 154 Å². The first-order valence-electron chi connectivity index (χ1n) is 20.4. The van der Waals surface area contributed by atoms with Crippen LogP contribution in [-0.4, -0.2) is 85.1 Å². The summed E-state index contributed by atoms with van der Waals surface area (Å²) in [6.45, 7) is 8.28. The molecule has 1 aliphatic heterocycles. The van der Waals surface area contributed by atoms with Gasteiger partial charge in [-0.3, -0.25) is 9.36 Å². The number of ether oxygens (including phenoxy) is 5. The van der Waals surface area contributed by atoms with Crippen LogP contribution in [0.5, 0.6) is 11.5 Å². The molecule has 1 fully saturated rings. The first kappa shape index (κ1) is 46.0. The standard InChI is InChI=1S/C47H54N5O9P/c1-32(2)52(33(3)4)62(59-30-14-28-48)61-42-40(60-45(43(42)57-7)51-29-27-41(50-46(51)54)49-44(53)34-15-10-8-11-16-34)31-58-47(35-17-12-9-13-18-35,36-19-23-38(55-5)24-20-36)37-21-25-39(56-6)26-22-37/h8-13,15-27,29,32-33,40,42-43,45H,14,30-31H2,1-7H3,(H,49,50,53,54)/t40-,42+,43?,45-,62?/m1/s1. The van der Waals surface area contributed by atoms with Gasteiger partial charge in [0.2, 0.25) is 0 Å². The van der Waals surface area contributed by atoms with Crippen molar-refractivity contribution in [2.24, 2.45) is 0 Å². The van der Waals surface area contributed by atoms with Crippen molar-refractivity contribution in [1.29, 1.82) is 5.26 Å². The summed E-state index contributed by atoms with van der Waals surface area (Å²) >= 11 is 0. The van der Waals surface area contributed by atoms with E-state index >= 15 is 0 Å². The van der Waals surface area contributed by atoms with E-state index in [0.29, 0.717) is 17.1 Å². The molecule has 62 heavy (non-hydrogen) atoms. The van der Waals surface area contributed by atoms with E-state index < -0.39 is 50.3 Å². The first-order chi connectivity index (χ1) is 30.0. The summed E-state index contributed by atoms with van der Waals surface area (Å²) in [4.78, 5) is 31.0. The second kappa shape index (κ2) is 21.5. The summed E-state index contributed by atoms with van der Waals surface area (Å²) in [5.41, 5.74) is 0.990. The number of nitrogens with one attached hydrogen (secondary N) is 1. The molecule has 2 unspecified atom stereocenters. The Morgan fingerprint density at radius 2 is 1.40 bits per heavy atom. The lowest BCUT2D eigenvalue weighted by atomic mass is 9.80. The van der Waals surface area contributed by atoms with Crippen molar-refractivity contribution in [1.82, 2.24) is 14.2 Å². The molecule has 0 spiro atoms. The Morgan fingerprint density at radius 3 is 1.92 bits per heavy atom. The van der Waals surface area contributed by atoms with E-state index in [1.807, 2.05) is 84.9 Å². The highest BCUT2D eigenvalue weighted by Gasteiger charge is 2.51. The summed E-state index contributed by atoms with van der Waals surface area (Å²) in [6.07, 6.45) is -1.99. The van der Waals surface area contributed by atoms with Crippen LogP contribution in [0.2, 0.25) is 0 Å². The minimum Gasteiger partial charge on any atom is -0.497 e. The number of rotatable bonds is 20. The number of hydrogen-bond donors (Lipinski definition) is 1. The van der Waals surface area contributed by atoms with Crippen molar-refractivity contribution in [2.75, 3.05) is 39.9 Å². The van der Waals surface area contributed by atoms with Gasteiger partial charge in [0, 0.05) is 31.0 Å². The van der Waals surface area contributed by atoms with Gasteiger partial charge in [-0.1, -0.05) is 72.8 Å². The molecule has 6 rings (SSSR count). The number of nitriles is 1. The van der Waals surface area contributed by atoms with Crippen molar-refractivity contribution >= 4 is 20.3 Å². The highest BCUT2D eigenvalue weighted by Crippen LogP contribution is 2.51. The molecule has 0 saturated carbocycles. The number of methoxy groups -OCH3 is 3. The number of nitrogens with zero attached hydrogens (tertiary/aromatic N) is 4. The van der Waals surface area contributed by atoms with Gasteiger partial charge in [-0.2, -0.15) is 10.2 Å². The maximum absolute atomic E-state index is 13.9. The molecule has 14 nitrogen and oxygen atoms in total. The number of anilines is 1. The molecule has 4 aromatic carbocycles. The Balaban J connectivity index is 1.44. The van der Waals surface area contributed by atoms with E-state index in [-0.39, 0.29) is 37.5 Å². The van der Waals surface area contributed by atoms with Crippen LogP contribution >= 0.6 is 8.53 Å². The molecule has 15 heteroatoms. The lowest BCUT2D eigenvalue weighted by Gasteiger charge is -2.39. The predicted octanol–water partition coefficient (Wildman–Crippen LogP) is 8.10. The predicted molar refractivity (Wildman–Crippen MR) is 236 cm³/mol. The summed E-state index contributed by atoms with van der Waals surface area (Å²) < 4.78 is 48.3. The van der Waals surface area contributed by atoms with E-state index in [1.165, 1.54) is 23.9 Å². The fourth-order valence-corrected chi connectivity index (χ4v) is 9.35. The first-order valence-corrected chi connectivity index (χ1v) is 21.5. The number of aromatic nitrogens is 2. The largest absolute Gasteiger partial charge is 0.497 e. The quantitative estimate of drug-likeness (QED) is 0.0457. The van der Waals surface area contributed by atoms with Gasteiger partial charge in [-0.15, -0.1) is 0 Å². The van der Waals surface area contributed by atoms with Gasteiger partial charge in [-0.25, -0.2) is 9.46 Å². The molecule has 5 aromatic rings. The summed E-state index contributed by atoms with van der Waals surface area (Å²) in [5.74, 6) is 1.02. The van der Waals surface area contributed by atoms with Gasteiger partial charge in [0.15, 0.2) is 6.23 Å². The van der Waals surface area contributed by atoms with Gasteiger partial charge in [0.05, 0.1) is 39.9 Å². The molecule has 5 atom stereocenters. The van der Waals surface area contributed by atoms with E-state index in [4.69, 9.17) is 32.7 Å². The van der Waals surface area contributed by atoms with Crippen LogP contribution in [0.1, 0.15) is 67.4 Å². The van der Waals surface area contributed by atoms with Crippen molar-refractivity contribution in [2.45, 2.75) is 76.3 Å². The highest BCUT2D eigenvalue weighted by molar-refractivity contribution is 7.44. The number of hydrogen-bond acceptors (Lipinski definition) is 12. The fraction of sp³-hybridized carbons (Fsp3) is 0.362. The SMILES string of the molecule is COc1ccc(C(OC[C@H]2O[C@@H](n3ccc(NC(=O)c4ccccc4)nc3=O)C(OC)[C@H]2OP(OCCC#N)N(C(C)C)C(C)C)(c2ccccc2)c2ccc(OC)cc2)cc1. The average Bonchev–Trinajstić information content (AvgIpc) is 3.63. The van der Waals surface area contributed by atoms with E-state index in [0.717, 1.165) is 16.7 Å². The molecule has 326 valence electrons. The maximum atomic E-state index is 13.9. The summed E-state index contributed by atoms with van der Waals surface area (Å²) in [7, 11) is 2.95. The number of benzene rings is 4. The molecule has 1 aromatic heterocycles. The molecule has 1 aliphatic rings. The van der Waals surface area contributed by atoms with Crippen LogP contribution in [0, 0.1) is 11.3 Å². The Kier molecular flexibility index (Phi) is 16.0. The number of carbonyl (C=O) groups is 1. The monoisotopic (exact) mass is 863 g/mol. The Bertz CT molecular complexity index is 2230. The molecule has 1 N–H and O–H groups in total. The van der Waals surface area contributed by atoms with Crippen LogP contribution in [0.4, 0.5) is 5.82 Å². The smallest absolute Gasteiger partial charge is 0.351 e. The van der Waals surface area contributed by atoms with Crippen molar-refractivity contribution < 1.29 is 37.5 Å². The average molecular weight is 864 g/mol. The third-order valence-corrected chi connectivity index (χ3v) is 12.6. The van der Waals surface area contributed by atoms with Gasteiger partial charge in [-0.05, 0) is 86.8 Å². The highest BCUT2D eigenvalue weighted by atomic mass is 31.2. The molecule has 1 saturated heterocycles. The topological polar surface area (TPSA) is 156 Å². The van der Waals surface area contributed by atoms with Crippen molar-refractivity contribution in [3.8, 4) is 17.6 Å². The fourth-order valence-electron chi connectivity index (χ4n) is 7.58. The van der Waals surface area contributed by atoms with Crippen molar-refractivity contribution in [3.63, 3.8) is 0 Å². The van der Waals surface area contributed by atoms with Crippen LogP contribution < -0.4 is 20.5 Å². The summed E-state index contributed by atoms with van der Waals surface area (Å²) in [5, 5.41) is 12.1. The Labute approximate surface area is 364 Å². The van der Waals surface area contributed by atoms with E-state index in [9.17, 15) is 14.9 Å². The zero-order valence-electron chi connectivity index (χ0n) is 36.0. The zero-order valence-corrected chi connectivity index (χ0v) is 36.9. The maximum Gasteiger partial charge on any atom is 0.351 e. The number of amides is 1. The molecule has 2 heterocycles. The second-order valence-electron chi connectivity index (χ2n) is 15.0. The minimum absolute atomic E-state index is 0.00153. The lowest BCUT2D eigenvalue weighted by Crippen LogP contribution is -2.43. The van der Waals surface area contributed by atoms with E-state index in [2.05, 4.69) is 48.7 Å². The lowest BCUT2D eigenvalue weighted by molar-refractivity contribution is -0.0957. The molecule has 1 amide bonds. The van der Waals surface area contributed by atoms with Crippen LogP contribution in [0.15, 0.2) is 126 Å².